The van der Waals surface area contributed by atoms with Crippen LogP contribution in [0, 0.1) is 11.3 Å². The first-order valence-corrected chi connectivity index (χ1v) is 4.93. The van der Waals surface area contributed by atoms with E-state index in [0.717, 1.165) is 25.9 Å². The van der Waals surface area contributed by atoms with Gasteiger partial charge < -0.3 is 5.32 Å². The third kappa shape index (κ3) is 1.28. The van der Waals surface area contributed by atoms with Crippen molar-refractivity contribution in [1.29, 1.82) is 0 Å². The summed E-state index contributed by atoms with van der Waals surface area (Å²) in [5.41, 5.74) is 0.510. The Bertz CT molecular complexity index is 194. The van der Waals surface area contributed by atoms with Crippen molar-refractivity contribution in [3.63, 3.8) is 0 Å². The predicted octanol–water partition coefficient (Wildman–Crippen LogP) is 1.36. The molecular formula is C10H17NO. The third-order valence-corrected chi connectivity index (χ3v) is 3.61. The maximum atomic E-state index is 11.2. The summed E-state index contributed by atoms with van der Waals surface area (Å²) in [7, 11) is 0. The minimum Gasteiger partial charge on any atom is -0.316 e. The van der Waals surface area contributed by atoms with Crippen LogP contribution in [0.15, 0.2) is 0 Å². The quantitative estimate of drug-likeness (QED) is 0.639. The minimum absolute atomic E-state index is 0.380. The first-order chi connectivity index (χ1) is 5.72. The highest BCUT2D eigenvalue weighted by Crippen LogP contribution is 2.45. The zero-order valence-corrected chi connectivity index (χ0v) is 7.73. The standard InChI is InChI=1S/C10H17NO/c1-8(12)9-2-3-10(6-9)4-5-11-7-10/h9,11H,2-7H2,1H3. The van der Waals surface area contributed by atoms with Crippen LogP contribution in [0.4, 0.5) is 0 Å². The molecule has 68 valence electrons. The Morgan fingerprint density at radius 2 is 2.33 bits per heavy atom. The first-order valence-electron chi connectivity index (χ1n) is 4.93. The van der Waals surface area contributed by atoms with Crippen LogP contribution < -0.4 is 5.32 Å². The van der Waals surface area contributed by atoms with Crippen LogP contribution in [0.3, 0.4) is 0 Å². The molecule has 2 rings (SSSR count). The highest BCUT2D eigenvalue weighted by molar-refractivity contribution is 5.78. The summed E-state index contributed by atoms with van der Waals surface area (Å²) in [6.45, 7) is 4.05. The molecule has 1 aliphatic heterocycles. The van der Waals surface area contributed by atoms with Gasteiger partial charge in [0.05, 0.1) is 0 Å². The van der Waals surface area contributed by atoms with Crippen LogP contribution in [-0.2, 0) is 4.79 Å². The molecule has 1 spiro atoms. The average Bonchev–Trinajstić information content (AvgIpc) is 2.62. The second-order valence-corrected chi connectivity index (χ2v) is 4.48. The summed E-state index contributed by atoms with van der Waals surface area (Å²) in [6.07, 6.45) is 4.84. The molecule has 0 radical (unpaired) electrons. The lowest BCUT2D eigenvalue weighted by molar-refractivity contribution is -0.120. The summed E-state index contributed by atoms with van der Waals surface area (Å²) >= 11 is 0. The molecule has 2 fully saturated rings. The van der Waals surface area contributed by atoms with E-state index in [2.05, 4.69) is 5.32 Å². The zero-order valence-electron chi connectivity index (χ0n) is 7.73. The molecule has 1 saturated carbocycles. The summed E-state index contributed by atoms with van der Waals surface area (Å²) in [6, 6.07) is 0. The van der Waals surface area contributed by atoms with Crippen LogP contribution in [0.2, 0.25) is 0 Å². The van der Waals surface area contributed by atoms with Gasteiger partial charge in [0.15, 0.2) is 0 Å². The van der Waals surface area contributed by atoms with Gasteiger partial charge in [0.1, 0.15) is 5.78 Å². The molecule has 2 aliphatic rings. The van der Waals surface area contributed by atoms with Gasteiger partial charge in [-0.15, -0.1) is 0 Å². The van der Waals surface area contributed by atoms with Crippen LogP contribution in [-0.4, -0.2) is 18.9 Å². The van der Waals surface area contributed by atoms with Gasteiger partial charge in [0.2, 0.25) is 0 Å². The molecule has 1 N–H and O–H groups in total. The number of nitrogens with one attached hydrogen (secondary N) is 1. The number of carbonyl (C=O) groups excluding carboxylic acids is 1. The number of Topliss-reactive ketones (excluding diaryl/α,β-unsaturated/α-hetero) is 1. The Morgan fingerprint density at radius 1 is 1.50 bits per heavy atom. The molecule has 12 heavy (non-hydrogen) atoms. The van der Waals surface area contributed by atoms with Gasteiger partial charge in [-0.25, -0.2) is 0 Å². The molecule has 1 aliphatic carbocycles. The molecule has 1 saturated heterocycles. The molecule has 1 heterocycles. The Kier molecular flexibility index (Phi) is 1.95. The fraction of sp³-hybridized carbons (Fsp3) is 0.900. The fourth-order valence-corrected chi connectivity index (χ4v) is 2.74. The lowest BCUT2D eigenvalue weighted by Crippen LogP contribution is -2.21. The monoisotopic (exact) mass is 167 g/mol. The van der Waals surface area contributed by atoms with E-state index in [0.29, 0.717) is 17.1 Å². The molecule has 0 amide bonds. The number of carbonyl (C=O) groups is 1. The smallest absolute Gasteiger partial charge is 0.132 e. The van der Waals surface area contributed by atoms with Gasteiger partial charge in [-0.3, -0.25) is 4.79 Å². The molecule has 2 atom stereocenters. The van der Waals surface area contributed by atoms with Crippen molar-refractivity contribution in [3.05, 3.63) is 0 Å². The van der Waals surface area contributed by atoms with E-state index in [4.69, 9.17) is 0 Å². The van der Waals surface area contributed by atoms with Crippen LogP contribution in [0.5, 0.6) is 0 Å². The van der Waals surface area contributed by atoms with Crippen molar-refractivity contribution < 1.29 is 4.79 Å². The van der Waals surface area contributed by atoms with Gasteiger partial charge in [0.25, 0.3) is 0 Å². The van der Waals surface area contributed by atoms with Crippen LogP contribution >= 0.6 is 0 Å². The van der Waals surface area contributed by atoms with Crippen molar-refractivity contribution in [1.82, 2.24) is 5.32 Å². The van der Waals surface area contributed by atoms with Crippen LogP contribution in [0.1, 0.15) is 32.6 Å². The molecule has 0 aromatic carbocycles. The first kappa shape index (κ1) is 8.24. The maximum Gasteiger partial charge on any atom is 0.132 e. The van der Waals surface area contributed by atoms with Gasteiger partial charge in [-0.2, -0.15) is 0 Å². The van der Waals surface area contributed by atoms with Crippen molar-refractivity contribution in [2.75, 3.05) is 13.1 Å². The largest absolute Gasteiger partial charge is 0.316 e. The van der Waals surface area contributed by atoms with E-state index in [1.807, 2.05) is 0 Å². The summed E-state index contributed by atoms with van der Waals surface area (Å²) in [4.78, 5) is 11.2. The Labute approximate surface area is 73.7 Å². The van der Waals surface area contributed by atoms with E-state index in [9.17, 15) is 4.79 Å². The highest BCUT2D eigenvalue weighted by Gasteiger charge is 2.42. The van der Waals surface area contributed by atoms with E-state index < -0.39 is 0 Å². The predicted molar refractivity (Wildman–Crippen MR) is 47.9 cm³/mol. The lowest BCUT2D eigenvalue weighted by atomic mass is 9.84. The van der Waals surface area contributed by atoms with Crippen molar-refractivity contribution in [2.24, 2.45) is 11.3 Å². The molecule has 2 nitrogen and oxygen atoms in total. The van der Waals surface area contributed by atoms with E-state index in [-0.39, 0.29) is 0 Å². The fourth-order valence-electron chi connectivity index (χ4n) is 2.74. The summed E-state index contributed by atoms with van der Waals surface area (Å²) in [5.74, 6) is 0.781. The van der Waals surface area contributed by atoms with Gasteiger partial charge in [-0.05, 0) is 44.6 Å². The van der Waals surface area contributed by atoms with Crippen LogP contribution in [0.25, 0.3) is 0 Å². The van der Waals surface area contributed by atoms with E-state index >= 15 is 0 Å². The van der Waals surface area contributed by atoms with E-state index in [1.54, 1.807) is 6.92 Å². The second-order valence-electron chi connectivity index (χ2n) is 4.48. The molecule has 0 bridgehead atoms. The maximum absolute atomic E-state index is 11.2. The second kappa shape index (κ2) is 2.84. The van der Waals surface area contributed by atoms with Crippen molar-refractivity contribution in [2.45, 2.75) is 32.6 Å². The SMILES string of the molecule is CC(=O)C1CCC2(CCNC2)C1. The lowest BCUT2D eigenvalue weighted by Gasteiger charge is -2.20. The number of ketones is 1. The summed E-state index contributed by atoms with van der Waals surface area (Å²) in [5, 5.41) is 3.40. The van der Waals surface area contributed by atoms with E-state index in [1.165, 1.54) is 12.8 Å². The van der Waals surface area contributed by atoms with Crippen molar-refractivity contribution in [3.8, 4) is 0 Å². The minimum atomic E-state index is 0.380. The number of hydrogen-bond acceptors (Lipinski definition) is 2. The van der Waals surface area contributed by atoms with Gasteiger partial charge in [-0.1, -0.05) is 0 Å². The molecule has 0 aromatic rings. The average molecular weight is 167 g/mol. The van der Waals surface area contributed by atoms with Crippen molar-refractivity contribution >= 4 is 5.78 Å². The highest BCUT2D eigenvalue weighted by atomic mass is 16.1. The molecule has 2 heteroatoms. The normalized spacial score (nSPS) is 40.9. The topological polar surface area (TPSA) is 29.1 Å². The van der Waals surface area contributed by atoms with Gasteiger partial charge >= 0.3 is 0 Å². The number of hydrogen-bond donors (Lipinski definition) is 1. The molecule has 0 aromatic heterocycles. The third-order valence-electron chi connectivity index (χ3n) is 3.61. The Balaban J connectivity index is 2.01. The Morgan fingerprint density at radius 3 is 2.83 bits per heavy atom. The Hall–Kier alpha value is -0.370. The van der Waals surface area contributed by atoms with Gasteiger partial charge in [0, 0.05) is 12.5 Å². The number of rotatable bonds is 1. The molecular weight excluding hydrogens is 150 g/mol. The molecule has 2 unspecified atom stereocenters. The summed E-state index contributed by atoms with van der Waals surface area (Å²) < 4.78 is 0. The zero-order chi connectivity index (χ0) is 8.60.